The van der Waals surface area contributed by atoms with Crippen molar-refractivity contribution in [1.82, 2.24) is 15.0 Å². The number of nitrogens with zero attached hydrogens (tertiary/aromatic N) is 2. The number of amides is 1. The standard InChI is InChI=1S/C20H26N4O6/c21-15-10-11-24(20(28)29-12-13-6-2-1-3-7-13)17(15)14(18(25)26)8-4-5-9-16-22-19(27)30-23-16/h1-3,6-7,14-15,17H,4-5,8-12,21H2,(H,25,26)(H,22,23,27)/t14?,15-,17+/m0/s1. The number of carbonyl (C=O) groups excluding carboxylic acids is 1. The number of unbranched alkanes of at least 4 members (excludes halogenated alkanes) is 1. The highest BCUT2D eigenvalue weighted by atomic mass is 16.6. The lowest BCUT2D eigenvalue weighted by Crippen LogP contribution is -2.49. The second-order valence-corrected chi connectivity index (χ2v) is 7.41. The van der Waals surface area contributed by atoms with Gasteiger partial charge in [-0.2, -0.15) is 0 Å². The van der Waals surface area contributed by atoms with E-state index in [-0.39, 0.29) is 6.61 Å². The molecule has 10 heteroatoms. The molecule has 30 heavy (non-hydrogen) atoms. The summed E-state index contributed by atoms with van der Waals surface area (Å²) in [4.78, 5) is 39.4. The topological polar surface area (TPSA) is 152 Å². The van der Waals surface area contributed by atoms with E-state index in [4.69, 9.17) is 10.5 Å². The number of nitrogens with one attached hydrogen (secondary N) is 1. The van der Waals surface area contributed by atoms with E-state index in [0.29, 0.717) is 44.5 Å². The van der Waals surface area contributed by atoms with Gasteiger partial charge in [0.15, 0.2) is 5.82 Å². The van der Waals surface area contributed by atoms with E-state index in [1.165, 1.54) is 4.90 Å². The Labute approximate surface area is 173 Å². The molecule has 4 N–H and O–H groups in total. The van der Waals surface area contributed by atoms with Gasteiger partial charge in [0, 0.05) is 19.0 Å². The van der Waals surface area contributed by atoms with E-state index >= 15 is 0 Å². The summed E-state index contributed by atoms with van der Waals surface area (Å²) in [5, 5.41) is 13.4. The molecule has 1 unspecified atom stereocenters. The van der Waals surface area contributed by atoms with Crippen LogP contribution in [0.4, 0.5) is 4.79 Å². The van der Waals surface area contributed by atoms with Crippen LogP contribution >= 0.6 is 0 Å². The molecule has 1 aromatic carbocycles. The second kappa shape index (κ2) is 10.1. The van der Waals surface area contributed by atoms with Crippen molar-refractivity contribution < 1.29 is 24.0 Å². The van der Waals surface area contributed by atoms with Crippen molar-refractivity contribution in [1.29, 1.82) is 0 Å². The summed E-state index contributed by atoms with van der Waals surface area (Å²) in [6, 6.07) is 8.23. The van der Waals surface area contributed by atoms with Crippen LogP contribution < -0.4 is 11.5 Å². The minimum atomic E-state index is -0.993. The number of rotatable bonds is 9. The van der Waals surface area contributed by atoms with E-state index < -0.39 is 35.8 Å². The molecule has 1 aliphatic heterocycles. The first-order valence-electron chi connectivity index (χ1n) is 9.96. The molecular weight excluding hydrogens is 392 g/mol. The molecule has 1 fully saturated rings. The second-order valence-electron chi connectivity index (χ2n) is 7.41. The molecular formula is C20H26N4O6. The number of ether oxygens (including phenoxy) is 1. The normalized spacial score (nSPS) is 19.6. The zero-order chi connectivity index (χ0) is 21.5. The summed E-state index contributed by atoms with van der Waals surface area (Å²) in [5.74, 6) is -1.98. The zero-order valence-electron chi connectivity index (χ0n) is 16.5. The number of hydrogen-bond donors (Lipinski definition) is 3. The zero-order valence-corrected chi connectivity index (χ0v) is 16.5. The quantitative estimate of drug-likeness (QED) is 0.518. The smallest absolute Gasteiger partial charge is 0.438 e. The molecule has 2 aromatic rings. The molecule has 3 rings (SSSR count). The van der Waals surface area contributed by atoms with Crippen molar-refractivity contribution in [3.63, 3.8) is 0 Å². The molecule has 1 amide bonds. The van der Waals surface area contributed by atoms with Crippen LogP contribution in [-0.2, 0) is 22.6 Å². The Hall–Kier alpha value is -3.14. The lowest BCUT2D eigenvalue weighted by Gasteiger charge is -2.31. The molecule has 0 aliphatic carbocycles. The van der Waals surface area contributed by atoms with Gasteiger partial charge < -0.3 is 20.5 Å². The first-order valence-corrected chi connectivity index (χ1v) is 9.96. The number of aromatic nitrogens is 2. The van der Waals surface area contributed by atoms with E-state index in [0.717, 1.165) is 5.56 Å². The minimum absolute atomic E-state index is 0.117. The Morgan fingerprint density at radius 2 is 2.10 bits per heavy atom. The van der Waals surface area contributed by atoms with Crippen LogP contribution in [0.3, 0.4) is 0 Å². The number of carboxylic acid groups (broad SMARTS) is 1. The Kier molecular flexibility index (Phi) is 7.23. The van der Waals surface area contributed by atoms with E-state index in [1.807, 2.05) is 30.3 Å². The number of nitrogens with two attached hydrogens (primary N) is 1. The molecule has 0 bridgehead atoms. The molecule has 0 saturated carbocycles. The summed E-state index contributed by atoms with van der Waals surface area (Å²) >= 11 is 0. The number of likely N-dealkylation sites (tertiary alicyclic amines) is 1. The number of benzene rings is 1. The lowest BCUT2D eigenvalue weighted by atomic mass is 9.89. The van der Waals surface area contributed by atoms with Crippen LogP contribution in [0.25, 0.3) is 0 Å². The largest absolute Gasteiger partial charge is 0.481 e. The van der Waals surface area contributed by atoms with Gasteiger partial charge in [0.05, 0.1) is 12.0 Å². The van der Waals surface area contributed by atoms with Crippen LogP contribution in [0.15, 0.2) is 39.6 Å². The molecule has 1 aliphatic rings. The van der Waals surface area contributed by atoms with Gasteiger partial charge in [0.25, 0.3) is 0 Å². The Morgan fingerprint density at radius 1 is 1.33 bits per heavy atom. The van der Waals surface area contributed by atoms with Gasteiger partial charge in [-0.25, -0.2) is 9.59 Å². The van der Waals surface area contributed by atoms with Gasteiger partial charge in [0.1, 0.15) is 6.61 Å². The Bertz CT molecular complexity index is 896. The van der Waals surface area contributed by atoms with E-state index in [1.54, 1.807) is 0 Å². The third-order valence-corrected chi connectivity index (χ3v) is 5.33. The maximum Gasteiger partial charge on any atom is 0.438 e. The minimum Gasteiger partial charge on any atom is -0.481 e. The summed E-state index contributed by atoms with van der Waals surface area (Å²) in [6.45, 7) is 0.481. The highest BCUT2D eigenvalue weighted by Gasteiger charge is 2.43. The van der Waals surface area contributed by atoms with Crippen LogP contribution in [0.1, 0.15) is 37.1 Å². The van der Waals surface area contributed by atoms with Crippen molar-refractivity contribution in [3.8, 4) is 0 Å². The van der Waals surface area contributed by atoms with Gasteiger partial charge >= 0.3 is 17.8 Å². The number of aryl methyl sites for hydroxylation is 1. The molecule has 2 heterocycles. The fraction of sp³-hybridized carbons (Fsp3) is 0.500. The first-order chi connectivity index (χ1) is 14.5. The highest BCUT2D eigenvalue weighted by molar-refractivity contribution is 5.74. The summed E-state index contributed by atoms with van der Waals surface area (Å²) in [5.41, 5.74) is 7.03. The average molecular weight is 418 g/mol. The van der Waals surface area contributed by atoms with Crippen molar-refractivity contribution in [2.45, 2.75) is 50.8 Å². The predicted octanol–water partition coefficient (Wildman–Crippen LogP) is 1.51. The van der Waals surface area contributed by atoms with Crippen LogP contribution in [0.2, 0.25) is 0 Å². The summed E-state index contributed by atoms with van der Waals surface area (Å²) < 4.78 is 9.83. The average Bonchev–Trinajstić information content (AvgIpc) is 3.32. The van der Waals surface area contributed by atoms with Gasteiger partial charge in [-0.1, -0.05) is 41.9 Å². The molecule has 0 spiro atoms. The number of H-pyrrole nitrogens is 1. The van der Waals surface area contributed by atoms with Gasteiger partial charge in [-0.05, 0) is 24.8 Å². The third-order valence-electron chi connectivity index (χ3n) is 5.33. The number of carbonyl (C=O) groups is 2. The monoisotopic (exact) mass is 418 g/mol. The molecule has 162 valence electrons. The SMILES string of the molecule is N[C@H]1CCN(C(=O)OCc2ccccc2)[C@@H]1C(CCCCc1noc(=O)[nH]1)C(=O)O. The van der Waals surface area contributed by atoms with Gasteiger partial charge in [-0.15, -0.1) is 0 Å². The van der Waals surface area contributed by atoms with E-state index in [9.17, 15) is 19.5 Å². The van der Waals surface area contributed by atoms with Gasteiger partial charge in [0.2, 0.25) is 0 Å². The fourth-order valence-electron chi connectivity index (χ4n) is 3.84. The third kappa shape index (κ3) is 5.47. The van der Waals surface area contributed by atoms with Crippen LogP contribution in [-0.4, -0.2) is 50.8 Å². The van der Waals surface area contributed by atoms with E-state index in [2.05, 4.69) is 14.7 Å². The first kappa shape index (κ1) is 21.6. The Balaban J connectivity index is 1.57. The predicted molar refractivity (Wildman–Crippen MR) is 106 cm³/mol. The molecule has 10 nitrogen and oxygen atoms in total. The molecule has 0 radical (unpaired) electrons. The van der Waals surface area contributed by atoms with Crippen molar-refractivity contribution >= 4 is 12.1 Å². The number of hydrogen-bond acceptors (Lipinski definition) is 7. The van der Waals surface area contributed by atoms with Crippen LogP contribution in [0.5, 0.6) is 0 Å². The molecule has 1 aromatic heterocycles. The van der Waals surface area contributed by atoms with Crippen molar-refractivity contribution in [2.75, 3.05) is 6.54 Å². The number of carboxylic acids is 1. The maximum atomic E-state index is 12.6. The van der Waals surface area contributed by atoms with Gasteiger partial charge in [-0.3, -0.25) is 14.3 Å². The Morgan fingerprint density at radius 3 is 2.77 bits per heavy atom. The highest BCUT2D eigenvalue weighted by Crippen LogP contribution is 2.28. The lowest BCUT2D eigenvalue weighted by molar-refractivity contribution is -0.144. The maximum absolute atomic E-state index is 12.6. The van der Waals surface area contributed by atoms with Crippen molar-refractivity contribution in [2.24, 2.45) is 11.7 Å². The number of aromatic amines is 1. The summed E-state index contributed by atoms with van der Waals surface area (Å²) in [7, 11) is 0. The van der Waals surface area contributed by atoms with Crippen LogP contribution in [0, 0.1) is 5.92 Å². The van der Waals surface area contributed by atoms with Crippen molar-refractivity contribution in [3.05, 3.63) is 52.3 Å². The molecule has 1 saturated heterocycles. The fourth-order valence-corrected chi connectivity index (χ4v) is 3.84. The number of aliphatic carboxylic acids is 1. The summed E-state index contributed by atoms with van der Waals surface area (Å²) in [6.07, 6.45) is 1.97. The molecule has 3 atom stereocenters.